The second-order valence-electron chi connectivity index (χ2n) is 3.29. The van der Waals surface area contributed by atoms with Crippen molar-refractivity contribution in [3.05, 3.63) is 29.3 Å². The Balaban J connectivity index is 1.96. The summed E-state index contributed by atoms with van der Waals surface area (Å²) >= 11 is 5.72. The van der Waals surface area contributed by atoms with Crippen LogP contribution in [0.15, 0.2) is 24.3 Å². The van der Waals surface area contributed by atoms with Crippen LogP contribution in [0, 0.1) is 0 Å². The maximum atomic E-state index is 11.5. The normalized spacial score (nSPS) is 19.9. The van der Waals surface area contributed by atoms with Gasteiger partial charge in [-0.25, -0.2) is 0 Å². The molecular formula is C10H11ClN2O. The molecule has 0 bridgehead atoms. The van der Waals surface area contributed by atoms with Gasteiger partial charge in [0.1, 0.15) is 0 Å². The van der Waals surface area contributed by atoms with Crippen molar-refractivity contribution in [1.29, 1.82) is 0 Å². The van der Waals surface area contributed by atoms with E-state index < -0.39 is 0 Å². The van der Waals surface area contributed by atoms with Gasteiger partial charge < -0.3 is 10.6 Å². The van der Waals surface area contributed by atoms with E-state index in [9.17, 15) is 4.79 Å². The van der Waals surface area contributed by atoms with Crippen LogP contribution in [0.2, 0.25) is 5.02 Å². The molecule has 3 nitrogen and oxygen atoms in total. The monoisotopic (exact) mass is 210 g/mol. The van der Waals surface area contributed by atoms with E-state index in [1.807, 2.05) is 0 Å². The van der Waals surface area contributed by atoms with Crippen LogP contribution in [-0.4, -0.2) is 18.5 Å². The second kappa shape index (κ2) is 3.98. The van der Waals surface area contributed by atoms with Crippen molar-refractivity contribution in [2.45, 2.75) is 12.5 Å². The highest BCUT2D eigenvalue weighted by molar-refractivity contribution is 6.30. The lowest BCUT2D eigenvalue weighted by atomic mass is 10.1. The maximum Gasteiger partial charge on any atom is 0.241 e. The first kappa shape index (κ1) is 9.49. The highest BCUT2D eigenvalue weighted by atomic mass is 35.5. The van der Waals surface area contributed by atoms with Crippen molar-refractivity contribution in [3.8, 4) is 0 Å². The van der Waals surface area contributed by atoms with E-state index >= 15 is 0 Å². The summed E-state index contributed by atoms with van der Waals surface area (Å²) < 4.78 is 0. The zero-order valence-corrected chi connectivity index (χ0v) is 8.34. The smallest absolute Gasteiger partial charge is 0.241 e. The fraction of sp³-hybridized carbons (Fsp3) is 0.300. The highest BCUT2D eigenvalue weighted by Gasteiger charge is 2.24. The Morgan fingerprint density at radius 1 is 1.43 bits per heavy atom. The van der Waals surface area contributed by atoms with Gasteiger partial charge in [-0.3, -0.25) is 4.79 Å². The zero-order valence-electron chi connectivity index (χ0n) is 7.59. The lowest BCUT2D eigenvalue weighted by Crippen LogP contribution is -2.50. The summed E-state index contributed by atoms with van der Waals surface area (Å²) in [5.41, 5.74) is 0.785. The van der Waals surface area contributed by atoms with E-state index in [4.69, 9.17) is 11.6 Å². The Hall–Kier alpha value is -1.06. The first-order valence-corrected chi connectivity index (χ1v) is 4.93. The molecule has 1 fully saturated rings. The number of carbonyl (C=O) groups excluding carboxylic acids is 1. The van der Waals surface area contributed by atoms with Crippen LogP contribution in [0.5, 0.6) is 0 Å². The van der Waals surface area contributed by atoms with Gasteiger partial charge in [-0.2, -0.15) is 0 Å². The maximum absolute atomic E-state index is 11.5. The lowest BCUT2D eigenvalue weighted by molar-refractivity contribution is -0.119. The number of anilines is 1. The predicted octanol–water partition coefficient (Wildman–Crippen LogP) is 1.64. The molecule has 1 aliphatic rings. The van der Waals surface area contributed by atoms with Gasteiger partial charge in [-0.05, 0) is 37.2 Å². The van der Waals surface area contributed by atoms with Gasteiger partial charge in [-0.1, -0.05) is 11.6 Å². The van der Waals surface area contributed by atoms with Crippen molar-refractivity contribution < 1.29 is 4.79 Å². The average Bonchev–Trinajstić information content (AvgIpc) is 2.06. The molecule has 1 aromatic rings. The standard InChI is InChI=1S/C10H11ClN2O/c11-7-1-3-8(4-2-7)13-10(14)9-5-6-12-9/h1-4,9,12H,5-6H2,(H,13,14)/t9-/m1/s1. The van der Waals surface area contributed by atoms with E-state index in [2.05, 4.69) is 10.6 Å². The topological polar surface area (TPSA) is 41.1 Å². The minimum absolute atomic E-state index is 0.0225. The third-order valence-corrected chi connectivity index (χ3v) is 2.50. The third-order valence-electron chi connectivity index (χ3n) is 2.25. The first-order valence-electron chi connectivity index (χ1n) is 4.55. The molecule has 2 N–H and O–H groups in total. The fourth-order valence-corrected chi connectivity index (χ4v) is 1.40. The molecule has 2 rings (SSSR count). The molecule has 0 saturated carbocycles. The summed E-state index contributed by atoms with van der Waals surface area (Å²) in [5.74, 6) is 0.0265. The molecular weight excluding hydrogens is 200 g/mol. The molecule has 4 heteroatoms. The summed E-state index contributed by atoms with van der Waals surface area (Å²) in [4.78, 5) is 11.5. The number of carbonyl (C=O) groups is 1. The third kappa shape index (κ3) is 2.05. The molecule has 0 radical (unpaired) electrons. The SMILES string of the molecule is O=C(Nc1ccc(Cl)cc1)[C@H]1CCN1. The van der Waals surface area contributed by atoms with E-state index in [0.717, 1.165) is 18.7 Å². The number of hydrogen-bond donors (Lipinski definition) is 2. The summed E-state index contributed by atoms with van der Waals surface area (Å²) in [6.07, 6.45) is 0.916. The Morgan fingerprint density at radius 2 is 2.07 bits per heavy atom. The predicted molar refractivity (Wildman–Crippen MR) is 56.5 cm³/mol. The fourth-order valence-electron chi connectivity index (χ4n) is 1.28. The van der Waals surface area contributed by atoms with Gasteiger partial charge in [-0.15, -0.1) is 0 Å². The highest BCUT2D eigenvalue weighted by Crippen LogP contribution is 2.14. The number of benzene rings is 1. The summed E-state index contributed by atoms with van der Waals surface area (Å²) in [6.45, 7) is 0.929. The molecule has 1 amide bonds. The van der Waals surface area contributed by atoms with Crippen LogP contribution in [-0.2, 0) is 4.79 Å². The lowest BCUT2D eigenvalue weighted by Gasteiger charge is -2.26. The number of nitrogens with one attached hydrogen (secondary N) is 2. The van der Waals surface area contributed by atoms with Gasteiger partial charge in [0.15, 0.2) is 0 Å². The molecule has 0 unspecified atom stereocenters. The first-order chi connectivity index (χ1) is 6.75. The zero-order chi connectivity index (χ0) is 9.97. The van der Waals surface area contributed by atoms with Crippen molar-refractivity contribution in [3.63, 3.8) is 0 Å². The number of halogens is 1. The number of hydrogen-bond acceptors (Lipinski definition) is 2. The molecule has 74 valence electrons. The van der Waals surface area contributed by atoms with Crippen LogP contribution in [0.25, 0.3) is 0 Å². The number of rotatable bonds is 2. The quantitative estimate of drug-likeness (QED) is 0.779. The Morgan fingerprint density at radius 3 is 2.57 bits per heavy atom. The van der Waals surface area contributed by atoms with Crippen LogP contribution in [0.4, 0.5) is 5.69 Å². The largest absolute Gasteiger partial charge is 0.325 e. The van der Waals surface area contributed by atoms with Gasteiger partial charge >= 0.3 is 0 Å². The van der Waals surface area contributed by atoms with Gasteiger partial charge in [0.2, 0.25) is 5.91 Å². The van der Waals surface area contributed by atoms with Crippen molar-refractivity contribution in [2.75, 3.05) is 11.9 Å². The summed E-state index contributed by atoms with van der Waals surface area (Å²) in [5, 5.41) is 6.52. The molecule has 1 aliphatic heterocycles. The molecule has 1 aromatic carbocycles. The van der Waals surface area contributed by atoms with Crippen LogP contribution in [0.1, 0.15) is 6.42 Å². The van der Waals surface area contributed by atoms with Gasteiger partial charge in [0, 0.05) is 10.7 Å². The molecule has 0 aromatic heterocycles. The van der Waals surface area contributed by atoms with E-state index in [0.29, 0.717) is 5.02 Å². The Bertz CT molecular complexity index is 332. The van der Waals surface area contributed by atoms with Crippen molar-refractivity contribution >= 4 is 23.2 Å². The van der Waals surface area contributed by atoms with Crippen molar-refractivity contribution in [1.82, 2.24) is 5.32 Å². The molecule has 0 aliphatic carbocycles. The number of amides is 1. The minimum atomic E-state index is -0.0225. The van der Waals surface area contributed by atoms with E-state index in [-0.39, 0.29) is 11.9 Å². The van der Waals surface area contributed by atoms with Crippen LogP contribution >= 0.6 is 11.6 Å². The van der Waals surface area contributed by atoms with Gasteiger partial charge in [0.25, 0.3) is 0 Å². The van der Waals surface area contributed by atoms with E-state index in [1.165, 1.54) is 0 Å². The van der Waals surface area contributed by atoms with E-state index in [1.54, 1.807) is 24.3 Å². The molecule has 0 spiro atoms. The van der Waals surface area contributed by atoms with Crippen LogP contribution in [0.3, 0.4) is 0 Å². The van der Waals surface area contributed by atoms with Gasteiger partial charge in [0.05, 0.1) is 6.04 Å². The van der Waals surface area contributed by atoms with Crippen molar-refractivity contribution in [2.24, 2.45) is 0 Å². The average molecular weight is 211 g/mol. The Kier molecular flexibility index (Phi) is 2.70. The Labute approximate surface area is 87.4 Å². The molecule has 1 saturated heterocycles. The summed E-state index contributed by atoms with van der Waals surface area (Å²) in [6, 6.07) is 7.07. The molecule has 1 atom stereocenters. The van der Waals surface area contributed by atoms with Crippen LogP contribution < -0.4 is 10.6 Å². The molecule has 14 heavy (non-hydrogen) atoms. The second-order valence-corrected chi connectivity index (χ2v) is 3.73. The minimum Gasteiger partial charge on any atom is -0.325 e. The summed E-state index contributed by atoms with van der Waals surface area (Å²) in [7, 11) is 0. The molecule has 1 heterocycles.